The van der Waals surface area contributed by atoms with Gasteiger partial charge in [0.15, 0.2) is 5.13 Å². The van der Waals surface area contributed by atoms with Crippen molar-refractivity contribution in [2.45, 2.75) is 17.9 Å². The summed E-state index contributed by atoms with van der Waals surface area (Å²) in [6, 6.07) is 6.20. The van der Waals surface area contributed by atoms with Gasteiger partial charge in [0.25, 0.3) is 5.91 Å². The minimum absolute atomic E-state index is 0.157. The maximum atomic E-state index is 12.9. The van der Waals surface area contributed by atoms with Crippen molar-refractivity contribution in [3.05, 3.63) is 64.1 Å². The lowest BCUT2D eigenvalue weighted by molar-refractivity contribution is 0.102. The van der Waals surface area contributed by atoms with E-state index < -0.39 is 15.9 Å². The molecule has 8 nitrogen and oxygen atoms in total. The van der Waals surface area contributed by atoms with Gasteiger partial charge in [-0.1, -0.05) is 17.7 Å². The fraction of sp³-hybridized carbons (Fsp3) is 0.176. The molecular formula is C17H14ClN5O3S2. The van der Waals surface area contributed by atoms with Crippen LogP contribution in [0.3, 0.4) is 0 Å². The molecule has 11 heteroatoms. The van der Waals surface area contributed by atoms with Crippen LogP contribution in [0.15, 0.2) is 47.8 Å². The van der Waals surface area contributed by atoms with Crippen molar-refractivity contribution in [1.29, 1.82) is 0 Å². The highest BCUT2D eigenvalue weighted by Gasteiger charge is 2.30. The molecule has 3 aromatic rings. The number of hydrogen-bond donors (Lipinski definition) is 1. The van der Waals surface area contributed by atoms with Crippen LogP contribution >= 0.6 is 22.9 Å². The molecule has 0 aliphatic carbocycles. The molecule has 1 amide bonds. The molecule has 28 heavy (non-hydrogen) atoms. The van der Waals surface area contributed by atoms with Crippen LogP contribution in [0.4, 0.5) is 5.13 Å². The molecule has 0 fully saturated rings. The number of carbonyl (C=O) groups is 1. The first-order valence-corrected chi connectivity index (χ1v) is 10.9. The van der Waals surface area contributed by atoms with Gasteiger partial charge in [-0.15, -0.1) is 11.3 Å². The lowest BCUT2D eigenvalue weighted by atomic mass is 10.2. The number of halogens is 1. The van der Waals surface area contributed by atoms with Gasteiger partial charge in [0, 0.05) is 35.3 Å². The fourth-order valence-electron chi connectivity index (χ4n) is 2.78. The van der Waals surface area contributed by atoms with Gasteiger partial charge in [-0.2, -0.15) is 4.31 Å². The van der Waals surface area contributed by atoms with E-state index in [0.717, 1.165) is 10.6 Å². The maximum absolute atomic E-state index is 12.9. The topological polar surface area (TPSA) is 105 Å². The van der Waals surface area contributed by atoms with Crippen LogP contribution in [0.25, 0.3) is 0 Å². The van der Waals surface area contributed by atoms with Gasteiger partial charge in [0.1, 0.15) is 5.69 Å². The van der Waals surface area contributed by atoms with Gasteiger partial charge < -0.3 is 0 Å². The summed E-state index contributed by atoms with van der Waals surface area (Å²) in [7, 11) is -3.66. The van der Waals surface area contributed by atoms with Crippen LogP contribution in [0.2, 0.25) is 5.02 Å². The Kier molecular flexibility index (Phi) is 5.11. The number of thiazole rings is 1. The van der Waals surface area contributed by atoms with E-state index >= 15 is 0 Å². The number of fused-ring (bicyclic) bond motifs is 1. The molecule has 0 spiro atoms. The predicted octanol–water partition coefficient (Wildman–Crippen LogP) is 2.59. The summed E-state index contributed by atoms with van der Waals surface area (Å²) in [4.78, 5) is 25.4. The lowest BCUT2D eigenvalue weighted by Crippen LogP contribution is -2.35. The molecule has 1 N–H and O–H groups in total. The number of carbonyl (C=O) groups excluding carboxylic acids is 1. The van der Waals surface area contributed by atoms with Crippen LogP contribution in [-0.2, 0) is 23.0 Å². The first kappa shape index (κ1) is 18.9. The van der Waals surface area contributed by atoms with Crippen LogP contribution in [0, 0.1) is 0 Å². The van der Waals surface area contributed by atoms with Crippen LogP contribution in [0.5, 0.6) is 0 Å². The van der Waals surface area contributed by atoms with Crippen LogP contribution in [0.1, 0.15) is 21.1 Å². The van der Waals surface area contributed by atoms with E-state index in [-0.39, 0.29) is 17.1 Å². The molecule has 1 aliphatic heterocycles. The Balaban J connectivity index is 1.53. The number of anilines is 1. The highest BCUT2D eigenvalue weighted by atomic mass is 35.5. The molecule has 0 atom stereocenters. The SMILES string of the molecule is O=C(Nc1nc2c(s1)CN(S(=O)(=O)c1cccc(Cl)c1)CC2)c1cnccn1. The summed E-state index contributed by atoms with van der Waals surface area (Å²) in [6.45, 7) is 0.506. The minimum Gasteiger partial charge on any atom is -0.296 e. The summed E-state index contributed by atoms with van der Waals surface area (Å²) < 4.78 is 27.2. The van der Waals surface area contributed by atoms with Crippen molar-refractivity contribution in [1.82, 2.24) is 19.3 Å². The Labute approximate surface area is 170 Å². The summed E-state index contributed by atoms with van der Waals surface area (Å²) >= 11 is 7.19. The third kappa shape index (κ3) is 3.76. The molecule has 144 valence electrons. The number of hydrogen-bond acceptors (Lipinski definition) is 7. The van der Waals surface area contributed by atoms with E-state index in [2.05, 4.69) is 20.3 Å². The fourth-order valence-corrected chi connectivity index (χ4v) is 5.60. The van der Waals surface area contributed by atoms with Gasteiger partial charge in [-0.3, -0.25) is 15.1 Å². The second-order valence-corrected chi connectivity index (χ2v) is 9.44. The van der Waals surface area contributed by atoms with Gasteiger partial charge >= 0.3 is 0 Å². The van der Waals surface area contributed by atoms with Crippen molar-refractivity contribution in [2.24, 2.45) is 0 Å². The lowest BCUT2D eigenvalue weighted by Gasteiger charge is -2.25. The Morgan fingerprint density at radius 3 is 2.89 bits per heavy atom. The van der Waals surface area contributed by atoms with E-state index in [1.807, 2.05) is 0 Å². The normalized spacial score (nSPS) is 14.5. The number of sulfonamides is 1. The van der Waals surface area contributed by atoms with E-state index in [0.29, 0.717) is 23.1 Å². The molecule has 0 bridgehead atoms. The first-order chi connectivity index (χ1) is 13.4. The minimum atomic E-state index is -3.66. The molecular weight excluding hydrogens is 422 g/mol. The number of benzene rings is 1. The van der Waals surface area contributed by atoms with Crippen LogP contribution in [-0.4, -0.2) is 40.1 Å². The standard InChI is InChI=1S/C17H14ClN5O3S2/c18-11-2-1-3-12(8-11)28(25,26)23-7-4-13-15(10-23)27-17(21-13)22-16(24)14-9-19-5-6-20-14/h1-3,5-6,8-9H,4,7,10H2,(H,21,22,24). The maximum Gasteiger partial charge on any atom is 0.277 e. The summed E-state index contributed by atoms with van der Waals surface area (Å²) in [5, 5.41) is 3.46. The van der Waals surface area contributed by atoms with E-state index in [4.69, 9.17) is 11.6 Å². The number of nitrogens with one attached hydrogen (secondary N) is 1. The smallest absolute Gasteiger partial charge is 0.277 e. The number of rotatable bonds is 4. The molecule has 3 heterocycles. The average Bonchev–Trinajstić information content (AvgIpc) is 3.10. The average molecular weight is 436 g/mol. The van der Waals surface area contributed by atoms with E-state index in [1.54, 1.807) is 12.1 Å². The van der Waals surface area contributed by atoms with Crippen molar-refractivity contribution < 1.29 is 13.2 Å². The quantitative estimate of drug-likeness (QED) is 0.675. The second-order valence-electron chi connectivity index (χ2n) is 5.98. The molecule has 0 saturated carbocycles. The zero-order valence-electron chi connectivity index (χ0n) is 14.4. The highest BCUT2D eigenvalue weighted by Crippen LogP contribution is 2.31. The van der Waals surface area contributed by atoms with Crippen LogP contribution < -0.4 is 5.32 Å². The summed E-state index contributed by atoms with van der Waals surface area (Å²) in [5.74, 6) is -0.414. The monoisotopic (exact) mass is 435 g/mol. The van der Waals surface area contributed by atoms with Gasteiger partial charge in [0.05, 0.1) is 23.3 Å². The van der Waals surface area contributed by atoms with Gasteiger partial charge in [-0.05, 0) is 18.2 Å². The molecule has 0 unspecified atom stereocenters. The van der Waals surface area contributed by atoms with Crippen molar-refractivity contribution >= 4 is 44.0 Å². The van der Waals surface area contributed by atoms with E-state index in [9.17, 15) is 13.2 Å². The number of nitrogens with zero attached hydrogens (tertiary/aromatic N) is 4. The van der Waals surface area contributed by atoms with Crippen molar-refractivity contribution in [3.63, 3.8) is 0 Å². The summed E-state index contributed by atoms with van der Waals surface area (Å²) in [5.41, 5.74) is 0.970. The number of aromatic nitrogens is 3. The largest absolute Gasteiger partial charge is 0.296 e. The molecule has 4 rings (SSSR count). The zero-order valence-corrected chi connectivity index (χ0v) is 16.8. The predicted molar refractivity (Wildman–Crippen MR) is 105 cm³/mol. The number of amides is 1. The highest BCUT2D eigenvalue weighted by molar-refractivity contribution is 7.89. The third-order valence-corrected chi connectivity index (χ3v) is 7.22. The summed E-state index contributed by atoms with van der Waals surface area (Å²) in [6.07, 6.45) is 4.74. The first-order valence-electron chi connectivity index (χ1n) is 8.25. The second kappa shape index (κ2) is 7.55. The Hall–Kier alpha value is -2.40. The zero-order chi connectivity index (χ0) is 19.7. The van der Waals surface area contributed by atoms with E-state index in [1.165, 1.54) is 46.4 Å². The Morgan fingerprint density at radius 2 is 2.14 bits per heavy atom. The van der Waals surface area contributed by atoms with Gasteiger partial charge in [0.2, 0.25) is 10.0 Å². The Bertz CT molecular complexity index is 1130. The van der Waals surface area contributed by atoms with Crippen molar-refractivity contribution in [2.75, 3.05) is 11.9 Å². The third-order valence-electron chi connectivity index (χ3n) is 4.15. The molecule has 1 aliphatic rings. The van der Waals surface area contributed by atoms with Gasteiger partial charge in [-0.25, -0.2) is 18.4 Å². The molecule has 0 saturated heterocycles. The molecule has 0 radical (unpaired) electrons. The van der Waals surface area contributed by atoms with Crippen molar-refractivity contribution in [3.8, 4) is 0 Å². The Morgan fingerprint density at radius 1 is 1.29 bits per heavy atom. The molecule has 2 aromatic heterocycles. The molecule has 1 aromatic carbocycles.